The van der Waals surface area contributed by atoms with E-state index in [-0.39, 0.29) is 11.2 Å². The lowest BCUT2D eigenvalue weighted by molar-refractivity contribution is -0.0252. The van der Waals surface area contributed by atoms with Gasteiger partial charge in [-0.2, -0.15) is 0 Å². The predicted molar refractivity (Wildman–Crippen MR) is 196 cm³/mol. The number of benzene rings is 2. The first-order chi connectivity index (χ1) is 24.6. The van der Waals surface area contributed by atoms with Gasteiger partial charge in [0.2, 0.25) is 0 Å². The Morgan fingerprint density at radius 1 is 0.540 bits per heavy atom. The first-order valence-corrected chi connectivity index (χ1v) is 20.3. The summed E-state index contributed by atoms with van der Waals surface area (Å²) in [5.41, 5.74) is 5.90. The molecule has 0 amide bonds. The average Bonchev–Trinajstić information content (AvgIpc) is 3.68. The van der Waals surface area contributed by atoms with Gasteiger partial charge in [0, 0.05) is 103 Å². The Bertz CT molecular complexity index is 1370. The van der Waals surface area contributed by atoms with Crippen LogP contribution >= 0.6 is 0 Å². The molecule has 0 radical (unpaired) electrons. The lowest BCUT2D eigenvalue weighted by atomic mass is 9.80. The van der Waals surface area contributed by atoms with Crippen molar-refractivity contribution in [1.82, 2.24) is 19.6 Å². The zero-order valence-electron chi connectivity index (χ0n) is 30.4. The first kappa shape index (κ1) is 33.6. The second kappa shape index (κ2) is 14.7. The lowest BCUT2D eigenvalue weighted by Crippen LogP contribution is -2.54. The van der Waals surface area contributed by atoms with Crippen LogP contribution in [0.15, 0.2) is 36.4 Å². The smallest absolute Gasteiger partial charge is 0.123 e. The van der Waals surface area contributed by atoms with E-state index in [1.807, 2.05) is 0 Å². The highest BCUT2D eigenvalue weighted by Gasteiger charge is 2.47. The number of fused-ring (bicyclic) bond motifs is 4. The quantitative estimate of drug-likeness (QED) is 0.408. The molecule has 8 aliphatic rings. The van der Waals surface area contributed by atoms with Crippen LogP contribution in [0.4, 0.5) is 0 Å². The number of hydrogen-bond donors (Lipinski definition) is 0. The summed E-state index contributed by atoms with van der Waals surface area (Å²) in [6.07, 6.45) is 15.3. The van der Waals surface area contributed by atoms with E-state index in [0.717, 1.165) is 102 Å². The summed E-state index contributed by atoms with van der Waals surface area (Å²) < 4.78 is 24.1. The Hall–Kier alpha value is -2.20. The van der Waals surface area contributed by atoms with Gasteiger partial charge in [-0.1, -0.05) is 37.1 Å². The molecule has 0 saturated carbocycles. The van der Waals surface area contributed by atoms with Crippen molar-refractivity contribution in [2.75, 3.05) is 78.8 Å². The molecule has 8 aliphatic heterocycles. The molecule has 6 saturated heterocycles. The van der Waals surface area contributed by atoms with E-state index >= 15 is 0 Å². The number of morpholine rings is 2. The molecule has 2 spiro atoms. The molecule has 10 rings (SSSR count). The Kier molecular flexibility index (Phi) is 9.87. The third-order valence-corrected chi connectivity index (χ3v) is 13.4. The van der Waals surface area contributed by atoms with Crippen LogP contribution in [-0.4, -0.2) is 122 Å². The minimum Gasteiger partial charge on any atom is -0.487 e. The summed E-state index contributed by atoms with van der Waals surface area (Å²) in [5.74, 6) is 2.30. The van der Waals surface area contributed by atoms with Gasteiger partial charge in [-0.3, -0.25) is 9.80 Å². The van der Waals surface area contributed by atoms with Crippen LogP contribution in [0.25, 0.3) is 0 Å². The Morgan fingerprint density at radius 3 is 1.46 bits per heavy atom. The monoisotopic (exact) mass is 684 g/mol. The maximum absolute atomic E-state index is 6.57. The van der Waals surface area contributed by atoms with Gasteiger partial charge in [0.15, 0.2) is 0 Å². The largest absolute Gasteiger partial charge is 0.487 e. The molecule has 2 aromatic rings. The van der Waals surface area contributed by atoms with Crippen LogP contribution in [0.5, 0.6) is 11.5 Å². The molecule has 272 valence electrons. The van der Waals surface area contributed by atoms with Gasteiger partial charge >= 0.3 is 0 Å². The minimum absolute atomic E-state index is 0.0818. The highest BCUT2D eigenvalue weighted by molar-refractivity contribution is 5.43. The summed E-state index contributed by atoms with van der Waals surface area (Å²) >= 11 is 0. The van der Waals surface area contributed by atoms with Crippen molar-refractivity contribution in [3.63, 3.8) is 0 Å². The van der Waals surface area contributed by atoms with E-state index in [1.165, 1.54) is 113 Å². The van der Waals surface area contributed by atoms with Gasteiger partial charge < -0.3 is 28.7 Å². The SMILES string of the molecule is c1cc2c(cc1CN1CCOCC1)C[C@@]1(CCN3CCCC[C@@H]3C1)O2.c1cc2c(cc1CN1CCOCC1)C[C@]1(CCN3CCCC[C@@H]3C1)O2. The minimum atomic E-state index is 0.0818. The highest BCUT2D eigenvalue weighted by atomic mass is 16.5. The molecule has 0 bridgehead atoms. The Balaban J connectivity index is 0.000000135. The van der Waals surface area contributed by atoms with Gasteiger partial charge in [0.25, 0.3) is 0 Å². The summed E-state index contributed by atoms with van der Waals surface area (Å²) in [6.45, 7) is 14.8. The molecule has 0 unspecified atom stereocenters. The zero-order chi connectivity index (χ0) is 33.4. The second-order valence-corrected chi connectivity index (χ2v) is 16.9. The highest BCUT2D eigenvalue weighted by Crippen LogP contribution is 2.46. The van der Waals surface area contributed by atoms with Crippen molar-refractivity contribution in [3.05, 3.63) is 58.7 Å². The van der Waals surface area contributed by atoms with Crippen molar-refractivity contribution >= 4 is 0 Å². The fraction of sp³-hybridized carbons (Fsp3) is 0.714. The molecule has 0 aliphatic carbocycles. The molecule has 8 heterocycles. The number of hydrogen-bond acceptors (Lipinski definition) is 8. The van der Waals surface area contributed by atoms with Crippen molar-refractivity contribution in [1.29, 1.82) is 0 Å². The lowest BCUT2D eigenvalue weighted by Gasteiger charge is -2.46. The number of piperidine rings is 4. The van der Waals surface area contributed by atoms with Crippen LogP contribution in [0, 0.1) is 0 Å². The Labute approximate surface area is 300 Å². The summed E-state index contributed by atoms with van der Waals surface area (Å²) in [7, 11) is 0. The van der Waals surface area contributed by atoms with Crippen LogP contribution < -0.4 is 9.47 Å². The van der Waals surface area contributed by atoms with Crippen molar-refractivity contribution in [2.45, 2.75) is 113 Å². The third kappa shape index (κ3) is 7.35. The molecule has 4 atom stereocenters. The molecule has 6 fully saturated rings. The van der Waals surface area contributed by atoms with E-state index in [4.69, 9.17) is 18.9 Å². The third-order valence-electron chi connectivity index (χ3n) is 13.4. The summed E-state index contributed by atoms with van der Waals surface area (Å²) in [6, 6.07) is 15.3. The molecule has 50 heavy (non-hydrogen) atoms. The van der Waals surface area contributed by atoms with Crippen molar-refractivity contribution < 1.29 is 18.9 Å². The normalized spacial score (nSPS) is 33.0. The van der Waals surface area contributed by atoms with Crippen LogP contribution in [-0.2, 0) is 35.4 Å². The van der Waals surface area contributed by atoms with E-state index in [1.54, 1.807) is 0 Å². The van der Waals surface area contributed by atoms with Gasteiger partial charge in [-0.25, -0.2) is 0 Å². The fourth-order valence-electron chi connectivity index (χ4n) is 10.6. The molecule has 0 aromatic heterocycles. The summed E-state index contributed by atoms with van der Waals surface area (Å²) in [4.78, 5) is 10.4. The van der Waals surface area contributed by atoms with Gasteiger partial charge in [-0.05, 0) is 73.2 Å². The van der Waals surface area contributed by atoms with E-state index in [2.05, 4.69) is 56.0 Å². The van der Waals surface area contributed by atoms with E-state index in [9.17, 15) is 0 Å². The second-order valence-electron chi connectivity index (χ2n) is 16.9. The Morgan fingerprint density at radius 2 is 1.00 bits per heavy atom. The van der Waals surface area contributed by atoms with Crippen LogP contribution in [0.2, 0.25) is 0 Å². The van der Waals surface area contributed by atoms with Crippen molar-refractivity contribution in [2.24, 2.45) is 0 Å². The van der Waals surface area contributed by atoms with Gasteiger partial charge in [-0.15, -0.1) is 0 Å². The number of ether oxygens (including phenoxy) is 4. The molecule has 0 N–H and O–H groups in total. The van der Waals surface area contributed by atoms with Gasteiger partial charge in [0.05, 0.1) is 26.4 Å². The zero-order valence-corrected chi connectivity index (χ0v) is 30.4. The average molecular weight is 685 g/mol. The number of nitrogens with zero attached hydrogens (tertiary/aromatic N) is 4. The van der Waals surface area contributed by atoms with Crippen LogP contribution in [0.3, 0.4) is 0 Å². The summed E-state index contributed by atoms with van der Waals surface area (Å²) in [5, 5.41) is 0. The molecule has 8 nitrogen and oxygen atoms in total. The fourth-order valence-corrected chi connectivity index (χ4v) is 10.6. The molecular weight excluding hydrogens is 624 g/mol. The molecular formula is C42H60N4O4. The van der Waals surface area contributed by atoms with E-state index < -0.39 is 0 Å². The topological polar surface area (TPSA) is 49.9 Å². The predicted octanol–water partition coefficient (Wildman–Crippen LogP) is 5.68. The number of rotatable bonds is 4. The molecule has 2 aromatic carbocycles. The standard InChI is InChI=1S/2C21H30N2O2/c2*1-2-7-23-8-6-21(15-19(23)3-1)14-18-13-17(4-5-20(18)25-21)16-22-9-11-24-12-10-22/h2*4-5,13,19H,1-3,6-12,14-16H2/t19-,21+;19-,21-/m11/s1. The maximum atomic E-state index is 6.57. The first-order valence-electron chi connectivity index (χ1n) is 20.3. The van der Waals surface area contributed by atoms with Gasteiger partial charge in [0.1, 0.15) is 22.7 Å². The van der Waals surface area contributed by atoms with Crippen LogP contribution in [0.1, 0.15) is 86.5 Å². The van der Waals surface area contributed by atoms with Crippen molar-refractivity contribution in [3.8, 4) is 11.5 Å². The van der Waals surface area contributed by atoms with E-state index in [0.29, 0.717) is 0 Å². The maximum Gasteiger partial charge on any atom is 0.123 e. The molecule has 8 heteroatoms.